The van der Waals surface area contributed by atoms with Crippen LogP contribution < -0.4 is 0 Å². The lowest BCUT2D eigenvalue weighted by molar-refractivity contribution is -0.166. The van der Waals surface area contributed by atoms with Crippen LogP contribution in [0.4, 0.5) is 0 Å². The number of hydrogen-bond donors (Lipinski definition) is 0. The average molecular weight is 571 g/mol. The largest absolute Gasteiger partial charge is 0.318 e. The van der Waals surface area contributed by atoms with E-state index >= 15 is 0 Å². The van der Waals surface area contributed by atoms with E-state index in [1.54, 1.807) is 55.5 Å². The molecule has 13 heteroatoms. The summed E-state index contributed by atoms with van der Waals surface area (Å²) in [6.45, 7) is 3.61. The molecule has 0 N–H and O–H groups in total. The number of hydroxylamine groups is 4. The van der Waals surface area contributed by atoms with Crippen molar-refractivity contribution in [1.82, 2.24) is 10.1 Å². The summed E-state index contributed by atoms with van der Waals surface area (Å²) < 4.78 is 48.7. The van der Waals surface area contributed by atoms with Crippen LogP contribution in [0.1, 0.15) is 11.1 Å². The molecule has 11 nitrogen and oxygen atoms in total. The molecule has 2 aliphatic heterocycles. The van der Waals surface area contributed by atoms with Crippen molar-refractivity contribution in [1.29, 1.82) is 0 Å². The number of hydrogen-bond acceptors (Lipinski definition) is 9. The Kier molecular flexibility index (Phi) is 5.95. The Morgan fingerprint density at radius 1 is 0.667 bits per heavy atom. The molecule has 7 atom stereocenters. The second kappa shape index (κ2) is 9.01. The van der Waals surface area contributed by atoms with E-state index in [2.05, 4.69) is 0 Å². The van der Waals surface area contributed by atoms with Gasteiger partial charge < -0.3 is 0 Å². The summed E-state index contributed by atoms with van der Waals surface area (Å²) in [7, 11) is -4.51. The highest BCUT2D eigenvalue weighted by molar-refractivity contribution is 7.86. The van der Waals surface area contributed by atoms with Crippen molar-refractivity contribution in [2.45, 2.75) is 23.6 Å². The van der Waals surface area contributed by atoms with Crippen LogP contribution in [-0.4, -0.2) is 46.4 Å². The Morgan fingerprint density at radius 3 is 1.54 bits per heavy atom. The van der Waals surface area contributed by atoms with Crippen molar-refractivity contribution >= 4 is 44.8 Å². The van der Waals surface area contributed by atoms with Gasteiger partial charge in [0.2, 0.25) is 11.1 Å². The van der Waals surface area contributed by atoms with Crippen LogP contribution in [0.25, 0.3) is 0 Å². The van der Waals surface area contributed by atoms with E-state index in [0.29, 0.717) is 5.06 Å². The van der Waals surface area contributed by atoms with Gasteiger partial charge in [0.1, 0.15) is 0 Å². The van der Waals surface area contributed by atoms with Gasteiger partial charge in [-0.15, -0.1) is 14.4 Å². The molecule has 0 spiro atoms. The molecule has 3 aliphatic carbocycles. The molecule has 202 valence electrons. The molecule has 3 fully saturated rings. The molecule has 0 aromatic heterocycles. The van der Waals surface area contributed by atoms with Gasteiger partial charge in [-0.25, -0.2) is 4.21 Å². The first kappa shape index (κ1) is 25.7. The molecular weight excluding hydrogens is 548 g/mol. The monoisotopic (exact) mass is 570 g/mol. The predicted molar refractivity (Wildman–Crippen MR) is 132 cm³/mol. The van der Waals surface area contributed by atoms with Crippen molar-refractivity contribution < 1.29 is 40.4 Å². The molecule has 7 rings (SSSR count). The number of amides is 4. The van der Waals surface area contributed by atoms with Gasteiger partial charge in [0.15, 0.2) is 0 Å². The van der Waals surface area contributed by atoms with Gasteiger partial charge in [0.05, 0.1) is 33.5 Å². The Labute approximate surface area is 226 Å². The van der Waals surface area contributed by atoms with Gasteiger partial charge in [0.25, 0.3) is 23.6 Å². The number of nitrogens with zero attached hydrogens (tertiary/aromatic N) is 2. The zero-order valence-electron chi connectivity index (χ0n) is 20.6. The zero-order chi connectivity index (χ0) is 27.8. The second-order valence-corrected chi connectivity index (χ2v) is 12.7. The Balaban J connectivity index is 1.25. The number of allylic oxidation sites excluding steroid dienone is 2. The van der Waals surface area contributed by atoms with Gasteiger partial charge in [-0.3, -0.25) is 19.2 Å². The molecular formula is C26H22N2O9S2. The number of carbonyl (C=O) groups excluding carboxylic acids is 4. The lowest BCUT2D eigenvalue weighted by atomic mass is 9.54. The van der Waals surface area contributed by atoms with E-state index in [1.165, 1.54) is 12.1 Å². The van der Waals surface area contributed by atoms with Gasteiger partial charge in [-0.05, 0) is 38.1 Å². The fraction of sp³-hybridized carbons (Fsp3) is 0.308. The summed E-state index contributed by atoms with van der Waals surface area (Å²) in [5, 5.41) is 0.721. The second-order valence-electron chi connectivity index (χ2n) is 10.0. The van der Waals surface area contributed by atoms with Crippen molar-refractivity contribution in [3.8, 4) is 0 Å². The molecule has 1 saturated carbocycles. The van der Waals surface area contributed by atoms with Gasteiger partial charge in [-0.2, -0.15) is 12.7 Å². The summed E-state index contributed by atoms with van der Waals surface area (Å²) >= 11 is -2.16. The average Bonchev–Trinajstić information content (AvgIpc) is 3.32. The number of aryl methyl sites for hydroxylation is 2. The molecule has 2 aromatic rings. The molecule has 2 bridgehead atoms. The third kappa shape index (κ3) is 3.91. The smallest absolute Gasteiger partial charge is 0.272 e. The number of carbonyl (C=O) groups is 4. The standard InChI is InChI=1S/C26H22N2O9S2/c1-13-3-7-15(8-4-13)38(33)36-27-23(29)19-17-11-12-18(20(19)24(27)30)22-21(17)25(31)28(26(22)32)37-39(34,35)16-9-5-14(2)6-10-16/h3-12,17-22H,1-2H3. The molecule has 0 radical (unpaired) electrons. The van der Waals surface area contributed by atoms with E-state index in [9.17, 15) is 31.8 Å². The van der Waals surface area contributed by atoms with E-state index < -0.39 is 80.3 Å². The Hall–Kier alpha value is -3.52. The maximum absolute atomic E-state index is 13.3. The van der Waals surface area contributed by atoms with Crippen LogP contribution >= 0.6 is 0 Å². The summed E-state index contributed by atoms with van der Waals surface area (Å²) in [6.07, 6.45) is 3.20. The van der Waals surface area contributed by atoms with Crippen molar-refractivity contribution in [2.75, 3.05) is 0 Å². The van der Waals surface area contributed by atoms with E-state index in [4.69, 9.17) is 8.57 Å². The zero-order valence-corrected chi connectivity index (χ0v) is 22.3. The lowest BCUT2D eigenvalue weighted by Gasteiger charge is -2.44. The summed E-state index contributed by atoms with van der Waals surface area (Å²) in [5.41, 5.74) is 1.72. The Bertz CT molecular complexity index is 1530. The first-order valence-electron chi connectivity index (χ1n) is 12.1. The summed E-state index contributed by atoms with van der Waals surface area (Å²) in [4.78, 5) is 53.4. The van der Waals surface area contributed by atoms with Gasteiger partial charge in [0, 0.05) is 11.8 Å². The van der Waals surface area contributed by atoms with Crippen molar-refractivity contribution in [3.63, 3.8) is 0 Å². The molecule has 2 heterocycles. The van der Waals surface area contributed by atoms with Crippen molar-refractivity contribution in [2.24, 2.45) is 35.5 Å². The van der Waals surface area contributed by atoms with Crippen LogP contribution in [0.2, 0.25) is 0 Å². The highest BCUT2D eigenvalue weighted by atomic mass is 32.2. The topological polar surface area (TPSA) is 144 Å². The summed E-state index contributed by atoms with van der Waals surface area (Å²) in [6, 6.07) is 12.2. The van der Waals surface area contributed by atoms with E-state index in [-0.39, 0.29) is 14.9 Å². The van der Waals surface area contributed by atoms with Gasteiger partial charge >= 0.3 is 10.1 Å². The van der Waals surface area contributed by atoms with Crippen LogP contribution in [0.5, 0.6) is 0 Å². The predicted octanol–water partition coefficient (Wildman–Crippen LogP) is 1.60. The molecule has 7 unspecified atom stereocenters. The van der Waals surface area contributed by atoms with E-state index in [0.717, 1.165) is 11.1 Å². The highest BCUT2D eigenvalue weighted by Crippen LogP contribution is 2.58. The van der Waals surface area contributed by atoms with Crippen LogP contribution in [0.3, 0.4) is 0 Å². The van der Waals surface area contributed by atoms with Crippen LogP contribution in [-0.2, 0) is 48.9 Å². The summed E-state index contributed by atoms with van der Waals surface area (Å²) in [5.74, 6) is -9.36. The SMILES string of the molecule is Cc1ccc(S(=O)ON2C(=O)C3C4C=CC(C3C2=O)C2C(=O)N(OS(=O)(=O)c3ccc(C)cc3)C(=O)C42)cc1. The number of benzene rings is 2. The third-order valence-electron chi connectivity index (χ3n) is 7.77. The maximum atomic E-state index is 13.3. The fourth-order valence-corrected chi connectivity index (χ4v) is 7.55. The highest BCUT2D eigenvalue weighted by Gasteiger charge is 2.70. The number of rotatable bonds is 6. The van der Waals surface area contributed by atoms with Crippen molar-refractivity contribution in [3.05, 3.63) is 71.8 Å². The molecule has 4 amide bonds. The minimum absolute atomic E-state index is 0.235. The van der Waals surface area contributed by atoms with Crippen LogP contribution in [0, 0.1) is 49.4 Å². The maximum Gasteiger partial charge on any atom is 0.318 e. The molecule has 5 aliphatic rings. The third-order valence-corrected chi connectivity index (χ3v) is 9.90. The first-order chi connectivity index (χ1) is 18.5. The lowest BCUT2D eigenvalue weighted by Crippen LogP contribution is -2.50. The molecule has 2 saturated heterocycles. The fourth-order valence-electron chi connectivity index (χ4n) is 5.92. The normalized spacial score (nSPS) is 30.2. The first-order valence-corrected chi connectivity index (χ1v) is 14.6. The minimum Gasteiger partial charge on any atom is -0.272 e. The molecule has 39 heavy (non-hydrogen) atoms. The van der Waals surface area contributed by atoms with E-state index in [1.807, 2.05) is 6.92 Å². The Morgan fingerprint density at radius 2 is 1.08 bits per heavy atom. The number of imide groups is 2. The minimum atomic E-state index is -4.51. The quantitative estimate of drug-likeness (QED) is 0.373. The van der Waals surface area contributed by atoms with Crippen LogP contribution in [0.15, 0.2) is 70.5 Å². The van der Waals surface area contributed by atoms with Gasteiger partial charge in [-0.1, -0.05) is 47.5 Å². The molecule has 2 aromatic carbocycles.